The van der Waals surface area contributed by atoms with E-state index in [1.807, 2.05) is 6.92 Å². The van der Waals surface area contributed by atoms with Crippen LogP contribution in [0.2, 0.25) is 0 Å². The summed E-state index contributed by atoms with van der Waals surface area (Å²) in [7, 11) is 1.76. The van der Waals surface area contributed by atoms with Crippen molar-refractivity contribution in [3.05, 3.63) is 29.6 Å². The molecule has 0 aliphatic heterocycles. The van der Waals surface area contributed by atoms with Gasteiger partial charge < -0.3 is 15.2 Å². The number of nitrogens with one attached hydrogen (secondary N) is 1. The van der Waals surface area contributed by atoms with Gasteiger partial charge in [0.05, 0.1) is 12.1 Å². The summed E-state index contributed by atoms with van der Waals surface area (Å²) < 4.78 is 18.4. The Morgan fingerprint density at radius 1 is 1.50 bits per heavy atom. The van der Waals surface area contributed by atoms with Crippen LogP contribution in [-0.2, 0) is 0 Å². The van der Waals surface area contributed by atoms with Gasteiger partial charge in [-0.2, -0.15) is 0 Å². The highest BCUT2D eigenvalue weighted by atomic mass is 19.1. The fraction of sp³-hybridized carbons (Fsp3) is 0.500. The lowest BCUT2D eigenvalue weighted by Gasteiger charge is -2.27. The van der Waals surface area contributed by atoms with Crippen molar-refractivity contribution in [3.8, 4) is 5.75 Å². The van der Waals surface area contributed by atoms with Crippen molar-refractivity contribution in [2.75, 3.05) is 20.3 Å². The van der Waals surface area contributed by atoms with Crippen molar-refractivity contribution in [2.45, 2.75) is 19.4 Å². The van der Waals surface area contributed by atoms with Crippen LogP contribution < -0.4 is 10.1 Å². The van der Waals surface area contributed by atoms with Crippen molar-refractivity contribution in [2.24, 2.45) is 0 Å². The van der Waals surface area contributed by atoms with Gasteiger partial charge in [-0.1, -0.05) is 0 Å². The fourth-order valence-electron chi connectivity index (χ4n) is 1.21. The van der Waals surface area contributed by atoms with E-state index in [0.717, 1.165) is 5.56 Å². The second kappa shape index (κ2) is 5.27. The predicted octanol–water partition coefficient (Wildman–Crippen LogP) is 1.48. The molecule has 0 aliphatic rings. The standard InChI is InChI=1S/C12H18FNO2/c1-9-6-10(13)4-5-11(9)16-8-12(2,7-15)14-3/h4-6,14-15H,7-8H2,1-3H3. The molecule has 90 valence electrons. The molecule has 0 fully saturated rings. The molecule has 1 aromatic rings. The van der Waals surface area contributed by atoms with Gasteiger partial charge >= 0.3 is 0 Å². The molecule has 0 aromatic heterocycles. The van der Waals surface area contributed by atoms with Crippen LogP contribution in [0.4, 0.5) is 4.39 Å². The van der Waals surface area contributed by atoms with E-state index >= 15 is 0 Å². The first kappa shape index (κ1) is 12.9. The summed E-state index contributed by atoms with van der Waals surface area (Å²) >= 11 is 0. The second-order valence-electron chi connectivity index (χ2n) is 4.17. The number of halogens is 1. The second-order valence-corrected chi connectivity index (χ2v) is 4.17. The van der Waals surface area contributed by atoms with Crippen LogP contribution in [0.3, 0.4) is 0 Å². The topological polar surface area (TPSA) is 41.5 Å². The lowest BCUT2D eigenvalue weighted by atomic mass is 10.1. The molecule has 1 aromatic carbocycles. The Hall–Kier alpha value is -1.13. The van der Waals surface area contributed by atoms with E-state index in [0.29, 0.717) is 12.4 Å². The first-order valence-electron chi connectivity index (χ1n) is 5.19. The molecule has 0 aliphatic carbocycles. The number of likely N-dealkylation sites (N-methyl/N-ethyl adjacent to an activating group) is 1. The summed E-state index contributed by atoms with van der Waals surface area (Å²) in [5.74, 6) is 0.361. The molecule has 0 spiro atoms. The SMILES string of the molecule is CNC(C)(CO)COc1ccc(F)cc1C. The fourth-order valence-corrected chi connectivity index (χ4v) is 1.21. The maximum Gasteiger partial charge on any atom is 0.123 e. The average molecular weight is 227 g/mol. The quantitative estimate of drug-likeness (QED) is 0.800. The van der Waals surface area contributed by atoms with Gasteiger partial charge in [0.2, 0.25) is 0 Å². The number of hydrogen-bond donors (Lipinski definition) is 2. The molecule has 16 heavy (non-hydrogen) atoms. The number of hydrogen-bond acceptors (Lipinski definition) is 3. The van der Waals surface area contributed by atoms with Gasteiger partial charge in [0.15, 0.2) is 0 Å². The molecular formula is C12H18FNO2. The number of benzene rings is 1. The first-order chi connectivity index (χ1) is 7.50. The summed E-state index contributed by atoms with van der Waals surface area (Å²) in [6.45, 7) is 3.94. The number of rotatable bonds is 5. The average Bonchev–Trinajstić information content (AvgIpc) is 2.27. The molecule has 1 unspecified atom stereocenters. The summed E-state index contributed by atoms with van der Waals surface area (Å²) in [4.78, 5) is 0. The van der Waals surface area contributed by atoms with Crippen molar-refractivity contribution < 1.29 is 14.2 Å². The third kappa shape index (κ3) is 3.18. The summed E-state index contributed by atoms with van der Waals surface area (Å²) in [5.41, 5.74) is 0.261. The largest absolute Gasteiger partial charge is 0.491 e. The van der Waals surface area contributed by atoms with E-state index in [2.05, 4.69) is 5.32 Å². The Bertz CT molecular complexity index is 351. The maximum absolute atomic E-state index is 12.8. The van der Waals surface area contributed by atoms with Crippen LogP contribution in [0.25, 0.3) is 0 Å². The predicted molar refractivity (Wildman–Crippen MR) is 61.2 cm³/mol. The third-order valence-corrected chi connectivity index (χ3v) is 2.64. The number of aryl methyl sites for hydroxylation is 1. The summed E-state index contributed by atoms with van der Waals surface area (Å²) in [6, 6.07) is 4.38. The first-order valence-corrected chi connectivity index (χ1v) is 5.19. The van der Waals surface area contributed by atoms with Crippen LogP contribution in [0.1, 0.15) is 12.5 Å². The molecule has 0 saturated heterocycles. The van der Waals surface area contributed by atoms with Gasteiger partial charge in [0.25, 0.3) is 0 Å². The molecule has 1 rings (SSSR count). The highest BCUT2D eigenvalue weighted by Crippen LogP contribution is 2.19. The molecule has 0 amide bonds. The van der Waals surface area contributed by atoms with Gasteiger partial charge in [-0.05, 0) is 44.7 Å². The normalized spacial score (nSPS) is 14.6. The molecule has 4 heteroatoms. The molecule has 0 saturated carbocycles. The van der Waals surface area contributed by atoms with E-state index in [4.69, 9.17) is 4.74 Å². The van der Waals surface area contributed by atoms with E-state index < -0.39 is 5.54 Å². The molecule has 2 N–H and O–H groups in total. The maximum atomic E-state index is 12.8. The minimum absolute atomic E-state index is 0.0241. The summed E-state index contributed by atoms with van der Waals surface area (Å²) in [6.07, 6.45) is 0. The van der Waals surface area contributed by atoms with Crippen LogP contribution >= 0.6 is 0 Å². The van der Waals surface area contributed by atoms with Crippen molar-refractivity contribution in [1.29, 1.82) is 0 Å². The van der Waals surface area contributed by atoms with Gasteiger partial charge in [-0.3, -0.25) is 0 Å². The number of ether oxygens (including phenoxy) is 1. The van der Waals surface area contributed by atoms with Gasteiger partial charge in [0, 0.05) is 0 Å². The number of aliphatic hydroxyl groups is 1. The van der Waals surface area contributed by atoms with Crippen LogP contribution in [-0.4, -0.2) is 30.9 Å². The Balaban J connectivity index is 2.67. The minimum atomic E-state index is -0.485. The van der Waals surface area contributed by atoms with E-state index in [1.165, 1.54) is 12.1 Å². The Kier molecular flexibility index (Phi) is 4.26. The molecule has 1 atom stereocenters. The molecule has 0 heterocycles. The highest BCUT2D eigenvalue weighted by molar-refractivity contribution is 5.32. The Labute approximate surface area is 95.2 Å². The molecule has 3 nitrogen and oxygen atoms in total. The zero-order valence-corrected chi connectivity index (χ0v) is 9.88. The zero-order chi connectivity index (χ0) is 12.2. The lowest BCUT2D eigenvalue weighted by molar-refractivity contribution is 0.122. The lowest BCUT2D eigenvalue weighted by Crippen LogP contribution is -2.48. The van der Waals surface area contributed by atoms with Crippen LogP contribution in [0.5, 0.6) is 5.75 Å². The van der Waals surface area contributed by atoms with Crippen molar-refractivity contribution in [3.63, 3.8) is 0 Å². The van der Waals surface area contributed by atoms with Crippen molar-refractivity contribution >= 4 is 0 Å². The minimum Gasteiger partial charge on any atom is -0.491 e. The van der Waals surface area contributed by atoms with E-state index in [-0.39, 0.29) is 12.4 Å². The zero-order valence-electron chi connectivity index (χ0n) is 9.88. The van der Waals surface area contributed by atoms with Crippen LogP contribution in [0.15, 0.2) is 18.2 Å². The molecular weight excluding hydrogens is 209 g/mol. The van der Waals surface area contributed by atoms with E-state index in [1.54, 1.807) is 20.0 Å². The van der Waals surface area contributed by atoms with Crippen molar-refractivity contribution in [1.82, 2.24) is 5.32 Å². The smallest absolute Gasteiger partial charge is 0.123 e. The summed E-state index contributed by atoms with van der Waals surface area (Å²) in [5, 5.41) is 12.2. The van der Waals surface area contributed by atoms with Gasteiger partial charge in [-0.25, -0.2) is 4.39 Å². The monoisotopic (exact) mass is 227 g/mol. The highest BCUT2D eigenvalue weighted by Gasteiger charge is 2.21. The van der Waals surface area contributed by atoms with E-state index in [9.17, 15) is 9.50 Å². The van der Waals surface area contributed by atoms with Crippen LogP contribution in [0, 0.1) is 12.7 Å². The Morgan fingerprint density at radius 3 is 2.69 bits per heavy atom. The third-order valence-electron chi connectivity index (χ3n) is 2.64. The Morgan fingerprint density at radius 2 is 2.19 bits per heavy atom. The number of aliphatic hydroxyl groups excluding tert-OH is 1. The van der Waals surface area contributed by atoms with Gasteiger partial charge in [-0.15, -0.1) is 0 Å². The molecule has 0 bridgehead atoms. The molecule has 0 radical (unpaired) electrons. The van der Waals surface area contributed by atoms with Gasteiger partial charge in [0.1, 0.15) is 18.2 Å².